The van der Waals surface area contributed by atoms with E-state index in [-0.39, 0.29) is 32.6 Å². The van der Waals surface area contributed by atoms with Crippen LogP contribution in [0.1, 0.15) is 27.1 Å². The van der Waals surface area contributed by atoms with Crippen LogP contribution in [0.15, 0.2) is 77.7 Å². The molecule has 0 heterocycles. The Morgan fingerprint density at radius 2 is 1.62 bits per heavy atom. The van der Waals surface area contributed by atoms with Crippen LogP contribution in [-0.2, 0) is 14.8 Å². The second-order valence-corrected chi connectivity index (χ2v) is 9.30. The lowest BCUT2D eigenvalue weighted by atomic mass is 10.1. The number of benzene rings is 3. The predicted molar refractivity (Wildman–Crippen MR) is 132 cm³/mol. The molecule has 0 spiro atoms. The van der Waals surface area contributed by atoms with Crippen LogP contribution in [0.5, 0.6) is 0 Å². The highest BCUT2D eigenvalue weighted by Crippen LogP contribution is 2.25. The van der Waals surface area contributed by atoms with E-state index in [1.54, 1.807) is 49.6 Å². The number of sulfonamides is 1. The highest BCUT2D eigenvalue weighted by atomic mass is 35.5. The van der Waals surface area contributed by atoms with Crippen molar-refractivity contribution in [1.82, 2.24) is 5.32 Å². The summed E-state index contributed by atoms with van der Waals surface area (Å²) in [6.45, 7) is 0.936. The molecule has 0 radical (unpaired) electrons. The second kappa shape index (κ2) is 11.6. The molecule has 10 heteroatoms. The number of carbonyl (C=O) groups is 2. The van der Waals surface area contributed by atoms with Crippen LogP contribution in [0.4, 0.5) is 11.4 Å². The summed E-state index contributed by atoms with van der Waals surface area (Å²) in [5.41, 5.74) is 0.793. The van der Waals surface area contributed by atoms with Crippen LogP contribution in [0.2, 0.25) is 5.02 Å². The van der Waals surface area contributed by atoms with Gasteiger partial charge >= 0.3 is 0 Å². The van der Waals surface area contributed by atoms with E-state index in [4.69, 9.17) is 16.3 Å². The quantitative estimate of drug-likeness (QED) is 0.361. The Kier molecular flexibility index (Phi) is 8.64. The summed E-state index contributed by atoms with van der Waals surface area (Å²) < 4.78 is 32.6. The van der Waals surface area contributed by atoms with Gasteiger partial charge < -0.3 is 15.4 Å². The minimum Gasteiger partial charge on any atom is -0.385 e. The highest BCUT2D eigenvalue weighted by molar-refractivity contribution is 7.92. The van der Waals surface area contributed by atoms with E-state index in [1.807, 2.05) is 0 Å². The first-order chi connectivity index (χ1) is 16.3. The Labute approximate surface area is 203 Å². The number of carbonyl (C=O) groups excluding carboxylic acids is 2. The van der Waals surface area contributed by atoms with E-state index in [9.17, 15) is 18.0 Å². The molecule has 0 saturated carbocycles. The fourth-order valence-electron chi connectivity index (χ4n) is 3.07. The summed E-state index contributed by atoms with van der Waals surface area (Å²) in [5.74, 6) is -0.937. The van der Waals surface area contributed by atoms with Gasteiger partial charge in [-0.3, -0.25) is 14.3 Å². The molecule has 0 fully saturated rings. The van der Waals surface area contributed by atoms with Crippen molar-refractivity contribution in [3.63, 3.8) is 0 Å². The summed E-state index contributed by atoms with van der Waals surface area (Å²) in [6.07, 6.45) is 0.651. The lowest BCUT2D eigenvalue weighted by molar-refractivity contribution is 0.0949. The Balaban J connectivity index is 1.78. The van der Waals surface area contributed by atoms with Gasteiger partial charge in [-0.15, -0.1) is 0 Å². The van der Waals surface area contributed by atoms with Crippen molar-refractivity contribution in [2.45, 2.75) is 11.3 Å². The third kappa shape index (κ3) is 6.57. The molecule has 0 saturated heterocycles. The SMILES string of the molecule is COCCCNC(=O)c1ccccc1NC(=O)c1cc(NS(=O)(=O)c2ccccc2)ccc1Cl. The minimum atomic E-state index is -3.85. The number of ether oxygens (including phenoxy) is 1. The number of hydrogen-bond acceptors (Lipinski definition) is 5. The summed E-state index contributed by atoms with van der Waals surface area (Å²) >= 11 is 6.22. The summed E-state index contributed by atoms with van der Waals surface area (Å²) in [7, 11) is -2.26. The molecule has 0 atom stereocenters. The molecule has 2 amide bonds. The molecule has 0 unspecified atom stereocenters. The molecule has 0 aliphatic carbocycles. The van der Waals surface area contributed by atoms with Crippen molar-refractivity contribution in [1.29, 1.82) is 0 Å². The first-order valence-corrected chi connectivity index (χ1v) is 12.2. The first-order valence-electron chi connectivity index (χ1n) is 10.4. The van der Waals surface area contributed by atoms with Gasteiger partial charge in [-0.25, -0.2) is 8.42 Å². The molecule has 0 aliphatic heterocycles. The summed E-state index contributed by atoms with van der Waals surface area (Å²) in [6, 6.07) is 18.6. The average Bonchev–Trinajstić information content (AvgIpc) is 2.83. The van der Waals surface area contributed by atoms with Gasteiger partial charge in [0.1, 0.15) is 0 Å². The Morgan fingerprint density at radius 1 is 0.912 bits per heavy atom. The van der Waals surface area contributed by atoms with Gasteiger partial charge in [0.05, 0.1) is 26.7 Å². The zero-order chi connectivity index (χ0) is 24.6. The molecule has 178 valence electrons. The van der Waals surface area contributed by atoms with E-state index in [1.165, 1.54) is 30.3 Å². The number of para-hydroxylation sites is 1. The fraction of sp³-hybridized carbons (Fsp3) is 0.167. The first kappa shape index (κ1) is 25.2. The molecule has 3 rings (SSSR count). The Morgan fingerprint density at radius 3 is 2.35 bits per heavy atom. The molecular weight excluding hydrogens is 478 g/mol. The third-order valence-corrected chi connectivity index (χ3v) is 6.47. The Hall–Kier alpha value is -3.40. The van der Waals surface area contributed by atoms with Crippen LogP contribution in [-0.4, -0.2) is 40.5 Å². The fourth-order valence-corrected chi connectivity index (χ4v) is 4.34. The van der Waals surface area contributed by atoms with Crippen molar-refractivity contribution in [3.8, 4) is 0 Å². The van der Waals surface area contributed by atoms with E-state index in [0.717, 1.165) is 0 Å². The van der Waals surface area contributed by atoms with Gasteiger partial charge in [0.25, 0.3) is 21.8 Å². The third-order valence-electron chi connectivity index (χ3n) is 4.75. The maximum Gasteiger partial charge on any atom is 0.261 e. The highest BCUT2D eigenvalue weighted by Gasteiger charge is 2.18. The van der Waals surface area contributed by atoms with Gasteiger partial charge in [0.15, 0.2) is 0 Å². The van der Waals surface area contributed by atoms with E-state index >= 15 is 0 Å². The number of amides is 2. The van der Waals surface area contributed by atoms with E-state index in [2.05, 4.69) is 15.4 Å². The maximum atomic E-state index is 13.0. The van der Waals surface area contributed by atoms with Crippen molar-refractivity contribution in [3.05, 3.63) is 88.9 Å². The number of hydrogen-bond donors (Lipinski definition) is 3. The van der Waals surface area contributed by atoms with Gasteiger partial charge in [0, 0.05) is 25.9 Å². The number of nitrogens with one attached hydrogen (secondary N) is 3. The van der Waals surface area contributed by atoms with E-state index < -0.39 is 15.9 Å². The zero-order valence-electron chi connectivity index (χ0n) is 18.4. The number of rotatable bonds is 10. The van der Waals surface area contributed by atoms with Crippen LogP contribution in [0.3, 0.4) is 0 Å². The zero-order valence-corrected chi connectivity index (χ0v) is 19.9. The molecule has 0 bridgehead atoms. The van der Waals surface area contributed by atoms with Crippen molar-refractivity contribution in [2.24, 2.45) is 0 Å². The smallest absolute Gasteiger partial charge is 0.261 e. The molecule has 8 nitrogen and oxygen atoms in total. The molecule has 34 heavy (non-hydrogen) atoms. The normalized spacial score (nSPS) is 11.0. The van der Waals surface area contributed by atoms with Crippen LogP contribution in [0, 0.1) is 0 Å². The number of anilines is 2. The molecule has 0 aromatic heterocycles. The number of methoxy groups -OCH3 is 1. The summed E-state index contributed by atoms with van der Waals surface area (Å²) in [4.78, 5) is 25.6. The molecular formula is C24H24ClN3O5S. The maximum absolute atomic E-state index is 13.0. The molecule has 0 aliphatic rings. The van der Waals surface area contributed by atoms with Gasteiger partial charge in [-0.1, -0.05) is 41.9 Å². The van der Waals surface area contributed by atoms with Crippen LogP contribution in [0.25, 0.3) is 0 Å². The lowest BCUT2D eigenvalue weighted by Crippen LogP contribution is -2.26. The molecule has 3 N–H and O–H groups in total. The van der Waals surface area contributed by atoms with Crippen molar-refractivity contribution >= 4 is 44.8 Å². The van der Waals surface area contributed by atoms with Crippen molar-refractivity contribution in [2.75, 3.05) is 30.3 Å². The van der Waals surface area contributed by atoms with Crippen molar-refractivity contribution < 1.29 is 22.7 Å². The monoisotopic (exact) mass is 501 g/mol. The van der Waals surface area contributed by atoms with Crippen LogP contribution < -0.4 is 15.4 Å². The molecule has 3 aromatic carbocycles. The predicted octanol–water partition coefficient (Wildman–Crippen LogP) is 4.16. The van der Waals surface area contributed by atoms with Gasteiger partial charge in [-0.2, -0.15) is 0 Å². The standard InChI is InChI=1S/C24H24ClN3O5S/c1-33-15-7-14-26-23(29)19-10-5-6-11-22(19)27-24(30)20-16-17(12-13-21(20)25)28-34(31,32)18-8-3-2-4-9-18/h2-6,8-13,16,28H,7,14-15H2,1H3,(H,26,29)(H,27,30). The second-order valence-electron chi connectivity index (χ2n) is 7.22. The topological polar surface area (TPSA) is 114 Å². The number of halogens is 1. The summed E-state index contributed by atoms with van der Waals surface area (Å²) in [5, 5.41) is 5.59. The van der Waals surface area contributed by atoms with E-state index in [0.29, 0.717) is 25.3 Å². The van der Waals surface area contributed by atoms with Gasteiger partial charge in [-0.05, 0) is 48.9 Å². The Bertz CT molecular complexity index is 1270. The molecule has 3 aromatic rings. The van der Waals surface area contributed by atoms with Crippen LogP contribution >= 0.6 is 11.6 Å². The van der Waals surface area contributed by atoms with Gasteiger partial charge in [0.2, 0.25) is 0 Å². The lowest BCUT2D eigenvalue weighted by Gasteiger charge is -2.13. The largest absolute Gasteiger partial charge is 0.385 e. The average molecular weight is 502 g/mol. The minimum absolute atomic E-state index is 0.0465.